The van der Waals surface area contributed by atoms with Crippen molar-refractivity contribution in [2.45, 2.75) is 45.6 Å². The van der Waals surface area contributed by atoms with Gasteiger partial charge in [-0.1, -0.05) is 48.2 Å². The van der Waals surface area contributed by atoms with Gasteiger partial charge >= 0.3 is 0 Å². The fourth-order valence-corrected chi connectivity index (χ4v) is 3.13. The Morgan fingerprint density at radius 1 is 1.41 bits per heavy atom. The van der Waals surface area contributed by atoms with E-state index >= 15 is 0 Å². The number of nitrogens with one attached hydrogen (secondary N) is 1. The molecule has 2 rings (SSSR count). The summed E-state index contributed by atoms with van der Waals surface area (Å²) in [5, 5.41) is 3.64. The van der Waals surface area contributed by atoms with Crippen LogP contribution in [-0.4, -0.2) is 6.54 Å². The molecular weight excluding hydrogens is 274 g/mol. The Morgan fingerprint density at radius 2 is 2.18 bits per heavy atom. The van der Waals surface area contributed by atoms with Gasteiger partial charge in [-0.15, -0.1) is 0 Å². The molecule has 0 bridgehead atoms. The fourth-order valence-electron chi connectivity index (χ4n) is 2.66. The number of benzene rings is 1. The molecule has 0 heterocycles. The highest BCUT2D eigenvalue weighted by atomic mass is 79.9. The molecule has 17 heavy (non-hydrogen) atoms. The Hall–Kier alpha value is -0.340. The summed E-state index contributed by atoms with van der Waals surface area (Å²) in [6, 6.07) is 7.19. The summed E-state index contributed by atoms with van der Waals surface area (Å²) in [7, 11) is 0. The van der Waals surface area contributed by atoms with Crippen LogP contribution in [0.4, 0.5) is 0 Å². The second-order valence-electron chi connectivity index (χ2n) is 5.14. The molecule has 0 saturated heterocycles. The zero-order valence-electron chi connectivity index (χ0n) is 10.8. The van der Waals surface area contributed by atoms with Crippen LogP contribution >= 0.6 is 15.9 Å². The Labute approximate surface area is 113 Å². The molecule has 0 amide bonds. The van der Waals surface area contributed by atoms with Crippen LogP contribution in [-0.2, 0) is 0 Å². The monoisotopic (exact) mass is 295 g/mol. The Bertz CT molecular complexity index is 371. The molecule has 0 aromatic heterocycles. The first kappa shape index (κ1) is 13.1. The minimum atomic E-state index is 0.540. The van der Waals surface area contributed by atoms with E-state index in [0.717, 1.165) is 12.5 Å². The van der Waals surface area contributed by atoms with E-state index < -0.39 is 0 Å². The lowest BCUT2D eigenvalue weighted by Crippen LogP contribution is -2.26. The molecule has 1 N–H and O–H groups in total. The number of aryl methyl sites for hydroxylation is 1. The Kier molecular flexibility index (Phi) is 4.63. The van der Waals surface area contributed by atoms with Crippen LogP contribution in [0, 0.1) is 12.8 Å². The first-order valence-electron chi connectivity index (χ1n) is 6.70. The maximum Gasteiger partial charge on any atom is 0.0325 e. The van der Waals surface area contributed by atoms with Gasteiger partial charge in [0.1, 0.15) is 0 Å². The third kappa shape index (κ3) is 3.32. The number of hydrogen-bond donors (Lipinski definition) is 1. The molecule has 2 heteroatoms. The highest BCUT2D eigenvalue weighted by molar-refractivity contribution is 9.10. The molecule has 1 fully saturated rings. The maximum absolute atomic E-state index is 3.64. The third-order valence-electron chi connectivity index (χ3n) is 3.85. The van der Waals surface area contributed by atoms with Crippen LogP contribution in [0.25, 0.3) is 0 Å². The summed E-state index contributed by atoms with van der Waals surface area (Å²) in [4.78, 5) is 0. The molecule has 0 spiro atoms. The Balaban J connectivity index is 2.12. The van der Waals surface area contributed by atoms with Crippen molar-refractivity contribution in [2.75, 3.05) is 6.54 Å². The highest BCUT2D eigenvalue weighted by Crippen LogP contribution is 2.35. The molecule has 1 unspecified atom stereocenters. The van der Waals surface area contributed by atoms with E-state index in [1.807, 2.05) is 0 Å². The standard InChI is InChI=1S/C15H22BrN/c1-3-17-15(10-12-5-4-6-12)14-8-7-13(16)9-11(14)2/h7-9,12,15,17H,3-6,10H2,1-2H3. The van der Waals surface area contributed by atoms with E-state index in [1.165, 1.54) is 41.3 Å². The molecule has 1 nitrogen and oxygen atoms in total. The van der Waals surface area contributed by atoms with Crippen LogP contribution in [0.3, 0.4) is 0 Å². The normalized spacial score (nSPS) is 17.8. The molecule has 0 radical (unpaired) electrons. The lowest BCUT2D eigenvalue weighted by atomic mass is 9.79. The van der Waals surface area contributed by atoms with Gasteiger partial charge in [-0.25, -0.2) is 0 Å². The number of hydrogen-bond acceptors (Lipinski definition) is 1. The molecule has 1 aromatic rings. The van der Waals surface area contributed by atoms with Crippen LogP contribution in [0.1, 0.15) is 49.8 Å². The van der Waals surface area contributed by atoms with Gasteiger partial charge in [0.15, 0.2) is 0 Å². The zero-order valence-corrected chi connectivity index (χ0v) is 12.4. The maximum atomic E-state index is 3.64. The highest BCUT2D eigenvalue weighted by Gasteiger charge is 2.23. The van der Waals surface area contributed by atoms with Crippen LogP contribution in [0.5, 0.6) is 0 Å². The molecular formula is C15H22BrN. The topological polar surface area (TPSA) is 12.0 Å². The predicted octanol–water partition coefficient (Wildman–Crippen LogP) is 4.60. The second-order valence-corrected chi connectivity index (χ2v) is 6.06. The van der Waals surface area contributed by atoms with Gasteiger partial charge in [-0.05, 0) is 49.1 Å². The van der Waals surface area contributed by atoms with Gasteiger partial charge in [0.05, 0.1) is 0 Å². The van der Waals surface area contributed by atoms with Crippen LogP contribution < -0.4 is 5.32 Å². The largest absolute Gasteiger partial charge is 0.310 e. The van der Waals surface area contributed by atoms with Gasteiger partial charge in [-0.2, -0.15) is 0 Å². The quantitative estimate of drug-likeness (QED) is 0.837. The first-order valence-corrected chi connectivity index (χ1v) is 7.49. The van der Waals surface area contributed by atoms with E-state index in [-0.39, 0.29) is 0 Å². The van der Waals surface area contributed by atoms with Crippen LogP contribution in [0.15, 0.2) is 22.7 Å². The average molecular weight is 296 g/mol. The van der Waals surface area contributed by atoms with Crippen molar-refractivity contribution in [3.05, 3.63) is 33.8 Å². The summed E-state index contributed by atoms with van der Waals surface area (Å²) in [5.74, 6) is 0.946. The number of halogens is 1. The molecule has 94 valence electrons. The average Bonchev–Trinajstić information content (AvgIpc) is 2.22. The van der Waals surface area contributed by atoms with Crippen molar-refractivity contribution in [3.63, 3.8) is 0 Å². The summed E-state index contributed by atoms with van der Waals surface area (Å²) < 4.78 is 1.18. The minimum Gasteiger partial charge on any atom is -0.310 e. The summed E-state index contributed by atoms with van der Waals surface area (Å²) in [5.41, 5.74) is 2.87. The van der Waals surface area contributed by atoms with Crippen molar-refractivity contribution < 1.29 is 0 Å². The first-order chi connectivity index (χ1) is 8.20. The van der Waals surface area contributed by atoms with Crippen molar-refractivity contribution in [3.8, 4) is 0 Å². The molecule has 1 aliphatic carbocycles. The van der Waals surface area contributed by atoms with Crippen molar-refractivity contribution in [2.24, 2.45) is 5.92 Å². The van der Waals surface area contributed by atoms with Gasteiger partial charge in [0.25, 0.3) is 0 Å². The van der Waals surface area contributed by atoms with Crippen molar-refractivity contribution >= 4 is 15.9 Å². The van der Waals surface area contributed by atoms with E-state index in [1.54, 1.807) is 0 Å². The fraction of sp³-hybridized carbons (Fsp3) is 0.600. The number of rotatable bonds is 5. The molecule has 1 saturated carbocycles. The van der Waals surface area contributed by atoms with E-state index in [9.17, 15) is 0 Å². The molecule has 1 atom stereocenters. The van der Waals surface area contributed by atoms with Crippen molar-refractivity contribution in [1.29, 1.82) is 0 Å². The smallest absolute Gasteiger partial charge is 0.0325 e. The second kappa shape index (κ2) is 6.01. The van der Waals surface area contributed by atoms with Gasteiger partial charge < -0.3 is 5.32 Å². The molecule has 0 aliphatic heterocycles. The van der Waals surface area contributed by atoms with Crippen LogP contribution in [0.2, 0.25) is 0 Å². The van der Waals surface area contributed by atoms with Crippen molar-refractivity contribution in [1.82, 2.24) is 5.32 Å². The summed E-state index contributed by atoms with van der Waals surface area (Å²) in [6.45, 7) is 5.46. The summed E-state index contributed by atoms with van der Waals surface area (Å²) >= 11 is 3.54. The minimum absolute atomic E-state index is 0.540. The lowest BCUT2D eigenvalue weighted by Gasteiger charge is -2.31. The molecule has 1 aliphatic rings. The Morgan fingerprint density at radius 3 is 2.71 bits per heavy atom. The van der Waals surface area contributed by atoms with E-state index in [0.29, 0.717) is 6.04 Å². The SMILES string of the molecule is CCNC(CC1CCC1)c1ccc(Br)cc1C. The third-order valence-corrected chi connectivity index (χ3v) is 4.34. The predicted molar refractivity (Wildman–Crippen MR) is 77.3 cm³/mol. The van der Waals surface area contributed by atoms with E-state index in [2.05, 4.69) is 53.3 Å². The van der Waals surface area contributed by atoms with Gasteiger partial charge in [0.2, 0.25) is 0 Å². The lowest BCUT2D eigenvalue weighted by molar-refractivity contribution is 0.262. The van der Waals surface area contributed by atoms with E-state index in [4.69, 9.17) is 0 Å². The zero-order chi connectivity index (χ0) is 12.3. The van der Waals surface area contributed by atoms with Gasteiger partial charge in [0, 0.05) is 10.5 Å². The van der Waals surface area contributed by atoms with Gasteiger partial charge in [-0.3, -0.25) is 0 Å². The molecule has 1 aromatic carbocycles. The summed E-state index contributed by atoms with van der Waals surface area (Å²) in [6.07, 6.45) is 5.59.